The molecule has 0 aliphatic carbocycles. The number of rotatable bonds is 5. The lowest BCUT2D eigenvalue weighted by Crippen LogP contribution is -2.50. The van der Waals surface area contributed by atoms with E-state index in [0.717, 1.165) is 11.3 Å². The Labute approximate surface area is 171 Å². The van der Waals surface area contributed by atoms with Crippen molar-refractivity contribution in [3.63, 3.8) is 0 Å². The van der Waals surface area contributed by atoms with Crippen LogP contribution >= 0.6 is 0 Å². The SMILES string of the molecule is CC(C)(O)C#Cc1ccc(C(=O)N[C@@H]2CCOC[C@H]2OCc2ccccn2)cc1. The van der Waals surface area contributed by atoms with Gasteiger partial charge in [-0.2, -0.15) is 0 Å². The summed E-state index contributed by atoms with van der Waals surface area (Å²) in [5.41, 5.74) is 1.08. The molecule has 1 aromatic heterocycles. The van der Waals surface area contributed by atoms with Gasteiger partial charge >= 0.3 is 0 Å². The van der Waals surface area contributed by atoms with Gasteiger partial charge in [-0.25, -0.2) is 0 Å². The van der Waals surface area contributed by atoms with Gasteiger partial charge in [-0.05, 0) is 56.7 Å². The second kappa shape index (κ2) is 9.66. The number of aromatic nitrogens is 1. The third-order valence-corrected chi connectivity index (χ3v) is 4.45. The molecule has 152 valence electrons. The predicted molar refractivity (Wildman–Crippen MR) is 109 cm³/mol. The van der Waals surface area contributed by atoms with E-state index in [0.29, 0.717) is 31.8 Å². The lowest BCUT2D eigenvalue weighted by Gasteiger charge is -2.32. The molecule has 0 radical (unpaired) electrons. The summed E-state index contributed by atoms with van der Waals surface area (Å²) in [5.74, 6) is 5.49. The van der Waals surface area contributed by atoms with Gasteiger partial charge < -0.3 is 19.9 Å². The van der Waals surface area contributed by atoms with E-state index in [4.69, 9.17) is 9.47 Å². The Hall–Kier alpha value is -2.72. The second-order valence-electron chi connectivity index (χ2n) is 7.50. The summed E-state index contributed by atoms with van der Waals surface area (Å²) >= 11 is 0. The van der Waals surface area contributed by atoms with Crippen LogP contribution in [0.15, 0.2) is 48.7 Å². The lowest BCUT2D eigenvalue weighted by molar-refractivity contribution is -0.0743. The highest BCUT2D eigenvalue weighted by Crippen LogP contribution is 2.15. The van der Waals surface area contributed by atoms with E-state index in [2.05, 4.69) is 22.1 Å². The monoisotopic (exact) mass is 394 g/mol. The molecular formula is C23H26N2O4. The van der Waals surface area contributed by atoms with Crippen LogP contribution in [0.2, 0.25) is 0 Å². The molecule has 1 amide bonds. The summed E-state index contributed by atoms with van der Waals surface area (Å²) in [4.78, 5) is 16.9. The first-order chi connectivity index (χ1) is 13.9. The molecule has 0 unspecified atom stereocenters. The van der Waals surface area contributed by atoms with Crippen LogP contribution in [0.5, 0.6) is 0 Å². The summed E-state index contributed by atoms with van der Waals surface area (Å²) in [7, 11) is 0. The minimum absolute atomic E-state index is 0.130. The second-order valence-corrected chi connectivity index (χ2v) is 7.50. The van der Waals surface area contributed by atoms with Gasteiger partial charge in [0.15, 0.2) is 0 Å². The minimum atomic E-state index is -1.05. The fraction of sp³-hybridized carbons (Fsp3) is 0.391. The first-order valence-corrected chi connectivity index (χ1v) is 9.66. The van der Waals surface area contributed by atoms with Crippen molar-refractivity contribution in [2.24, 2.45) is 0 Å². The van der Waals surface area contributed by atoms with Gasteiger partial charge in [-0.1, -0.05) is 17.9 Å². The molecule has 1 aliphatic rings. The standard InChI is InChI=1S/C23H26N2O4/c1-23(2,27)12-10-17-6-8-18(9-7-17)22(26)25-20-11-14-28-16-21(20)29-15-19-5-3-4-13-24-19/h3-9,13,20-21,27H,11,14-16H2,1-2H3,(H,25,26)/t20-,21-/m1/s1. The van der Waals surface area contributed by atoms with Crippen LogP contribution < -0.4 is 5.32 Å². The van der Waals surface area contributed by atoms with Crippen LogP contribution in [0.25, 0.3) is 0 Å². The van der Waals surface area contributed by atoms with Crippen molar-refractivity contribution in [3.8, 4) is 11.8 Å². The highest BCUT2D eigenvalue weighted by Gasteiger charge is 2.28. The zero-order chi connectivity index (χ0) is 20.7. The Balaban J connectivity index is 1.59. The van der Waals surface area contributed by atoms with Crippen molar-refractivity contribution >= 4 is 5.91 Å². The Morgan fingerprint density at radius 2 is 2.10 bits per heavy atom. The number of nitrogens with one attached hydrogen (secondary N) is 1. The average molecular weight is 394 g/mol. The van der Waals surface area contributed by atoms with Gasteiger partial charge in [0, 0.05) is 23.9 Å². The molecule has 2 atom stereocenters. The van der Waals surface area contributed by atoms with Crippen LogP contribution in [-0.2, 0) is 16.1 Å². The third-order valence-electron chi connectivity index (χ3n) is 4.45. The van der Waals surface area contributed by atoms with E-state index in [1.54, 1.807) is 44.3 Å². The molecule has 29 heavy (non-hydrogen) atoms. The topological polar surface area (TPSA) is 80.7 Å². The van der Waals surface area contributed by atoms with Crippen LogP contribution in [0.1, 0.15) is 41.9 Å². The molecule has 1 fully saturated rings. The van der Waals surface area contributed by atoms with Crippen molar-refractivity contribution in [1.82, 2.24) is 10.3 Å². The highest BCUT2D eigenvalue weighted by atomic mass is 16.5. The fourth-order valence-corrected chi connectivity index (χ4v) is 2.90. The Kier molecular flexibility index (Phi) is 6.99. The van der Waals surface area contributed by atoms with Crippen LogP contribution in [-0.4, -0.2) is 47.0 Å². The number of pyridine rings is 1. The number of hydrogen-bond acceptors (Lipinski definition) is 5. The van der Waals surface area contributed by atoms with Gasteiger partial charge in [0.05, 0.1) is 24.9 Å². The van der Waals surface area contributed by atoms with E-state index in [9.17, 15) is 9.90 Å². The molecule has 3 rings (SSSR count). The largest absolute Gasteiger partial charge is 0.379 e. The van der Waals surface area contributed by atoms with E-state index in [1.807, 2.05) is 18.2 Å². The number of carbonyl (C=O) groups is 1. The van der Waals surface area contributed by atoms with E-state index in [-0.39, 0.29) is 18.1 Å². The molecule has 2 aromatic rings. The maximum Gasteiger partial charge on any atom is 0.251 e. The number of benzene rings is 1. The Morgan fingerprint density at radius 3 is 2.79 bits per heavy atom. The molecule has 6 nitrogen and oxygen atoms in total. The first-order valence-electron chi connectivity index (χ1n) is 9.66. The molecule has 0 spiro atoms. The van der Waals surface area contributed by atoms with Crippen molar-refractivity contribution < 1.29 is 19.4 Å². The summed E-state index contributed by atoms with van der Waals surface area (Å²) in [5, 5.41) is 12.7. The molecule has 2 N–H and O–H groups in total. The van der Waals surface area contributed by atoms with Gasteiger partial charge in [-0.15, -0.1) is 0 Å². The number of hydrogen-bond donors (Lipinski definition) is 2. The van der Waals surface area contributed by atoms with E-state index < -0.39 is 5.60 Å². The minimum Gasteiger partial charge on any atom is -0.379 e. The van der Waals surface area contributed by atoms with Gasteiger partial charge in [0.2, 0.25) is 0 Å². The maximum absolute atomic E-state index is 12.7. The first kappa shape index (κ1) is 21.0. The number of aliphatic hydroxyl groups is 1. The summed E-state index contributed by atoms with van der Waals surface area (Å²) in [6, 6.07) is 12.5. The number of amides is 1. The fourth-order valence-electron chi connectivity index (χ4n) is 2.90. The quantitative estimate of drug-likeness (QED) is 0.761. The van der Waals surface area contributed by atoms with Crippen molar-refractivity contribution in [1.29, 1.82) is 0 Å². The van der Waals surface area contributed by atoms with E-state index in [1.165, 1.54) is 0 Å². The van der Waals surface area contributed by atoms with Crippen LogP contribution in [0.4, 0.5) is 0 Å². The zero-order valence-electron chi connectivity index (χ0n) is 16.7. The zero-order valence-corrected chi connectivity index (χ0v) is 16.7. The molecule has 6 heteroatoms. The molecule has 1 aliphatic heterocycles. The molecule has 1 saturated heterocycles. The average Bonchev–Trinajstić information content (AvgIpc) is 2.72. The van der Waals surface area contributed by atoms with Crippen molar-refractivity contribution in [2.45, 2.75) is 44.6 Å². The van der Waals surface area contributed by atoms with Gasteiger partial charge in [0.1, 0.15) is 11.7 Å². The molecule has 0 saturated carbocycles. The summed E-state index contributed by atoms with van der Waals surface area (Å²) in [6.45, 7) is 4.64. The van der Waals surface area contributed by atoms with Crippen molar-refractivity contribution in [2.75, 3.05) is 13.2 Å². The molecule has 1 aromatic carbocycles. The third kappa shape index (κ3) is 6.68. The number of nitrogens with zero attached hydrogens (tertiary/aromatic N) is 1. The van der Waals surface area contributed by atoms with Gasteiger partial charge in [-0.3, -0.25) is 9.78 Å². The Morgan fingerprint density at radius 1 is 1.31 bits per heavy atom. The number of ether oxygens (including phenoxy) is 2. The highest BCUT2D eigenvalue weighted by molar-refractivity contribution is 5.94. The van der Waals surface area contributed by atoms with Crippen molar-refractivity contribution in [3.05, 3.63) is 65.5 Å². The lowest BCUT2D eigenvalue weighted by atomic mass is 10.0. The summed E-state index contributed by atoms with van der Waals surface area (Å²) < 4.78 is 11.5. The molecule has 0 bridgehead atoms. The normalized spacial score (nSPS) is 19.1. The molecule has 2 heterocycles. The van der Waals surface area contributed by atoms with E-state index >= 15 is 0 Å². The summed E-state index contributed by atoms with van der Waals surface area (Å²) in [6.07, 6.45) is 2.19. The predicted octanol–water partition coefficient (Wildman–Crippen LogP) is 2.31. The van der Waals surface area contributed by atoms with Gasteiger partial charge in [0.25, 0.3) is 5.91 Å². The maximum atomic E-state index is 12.7. The smallest absolute Gasteiger partial charge is 0.251 e. The van der Waals surface area contributed by atoms with Crippen LogP contribution in [0, 0.1) is 11.8 Å². The molecular weight excluding hydrogens is 368 g/mol. The Bertz CT molecular complexity index is 864. The van der Waals surface area contributed by atoms with Crippen LogP contribution in [0.3, 0.4) is 0 Å². The number of carbonyl (C=O) groups excluding carboxylic acids is 1.